The van der Waals surface area contributed by atoms with Crippen LogP contribution >= 0.6 is 11.3 Å². The monoisotopic (exact) mass is 733 g/mol. The van der Waals surface area contributed by atoms with E-state index in [2.05, 4.69) is 51.7 Å². The SMILES string of the molecule is Cc1ccc(-c2[c-]cccc2)nc1.[2H]C([2H])(c1ccnc(-c2[c-]ccc3c2oc2c3ccc3ccsc32)c1)C(C)(C)C.[Ir]. The summed E-state index contributed by atoms with van der Waals surface area (Å²) in [4.78, 5) is 8.84. The Kier molecular flexibility index (Phi) is 7.74. The number of aryl methyl sites for hydroxylation is 1. The van der Waals surface area contributed by atoms with E-state index < -0.39 is 11.8 Å². The molecule has 4 heterocycles. The fourth-order valence-corrected chi connectivity index (χ4v) is 5.55. The Balaban J connectivity index is 0.000000221. The number of thiophene rings is 1. The molecule has 0 aliphatic rings. The van der Waals surface area contributed by atoms with Crippen LogP contribution in [0.4, 0.5) is 0 Å². The molecule has 0 saturated heterocycles. The van der Waals surface area contributed by atoms with E-state index in [-0.39, 0.29) is 20.1 Å². The summed E-state index contributed by atoms with van der Waals surface area (Å²) < 4.78 is 24.7. The van der Waals surface area contributed by atoms with Crippen LogP contribution in [0.5, 0.6) is 0 Å². The zero-order valence-electron chi connectivity index (χ0n) is 25.3. The van der Waals surface area contributed by atoms with Gasteiger partial charge in [-0.25, -0.2) is 0 Å². The van der Waals surface area contributed by atoms with Crippen molar-refractivity contribution in [3.63, 3.8) is 0 Å². The molecule has 4 aromatic heterocycles. The number of fused-ring (bicyclic) bond motifs is 5. The average molecular weight is 733 g/mol. The quantitative estimate of drug-likeness (QED) is 0.170. The van der Waals surface area contributed by atoms with Gasteiger partial charge in [-0.3, -0.25) is 0 Å². The summed E-state index contributed by atoms with van der Waals surface area (Å²) in [7, 11) is 0. The van der Waals surface area contributed by atoms with E-state index in [1.54, 1.807) is 23.6 Å². The zero-order valence-corrected chi connectivity index (χ0v) is 26.5. The van der Waals surface area contributed by atoms with Crippen molar-refractivity contribution in [1.82, 2.24) is 9.97 Å². The molecule has 7 rings (SSSR count). The van der Waals surface area contributed by atoms with Crippen LogP contribution in [0.2, 0.25) is 0 Å². The van der Waals surface area contributed by atoms with Gasteiger partial charge < -0.3 is 14.4 Å². The van der Waals surface area contributed by atoms with E-state index >= 15 is 0 Å². The molecule has 207 valence electrons. The normalized spacial score (nSPS) is 12.4. The molecule has 3 aromatic carbocycles. The van der Waals surface area contributed by atoms with Crippen LogP contribution in [-0.2, 0) is 26.5 Å². The number of furan rings is 1. The number of hydrogen-bond acceptors (Lipinski definition) is 4. The van der Waals surface area contributed by atoms with Gasteiger partial charge in [-0.15, -0.1) is 65.4 Å². The molecule has 0 fully saturated rings. The Bertz CT molecular complexity index is 2010. The average Bonchev–Trinajstić information content (AvgIpc) is 3.63. The smallest absolute Gasteiger partial charge is 0.138 e. The van der Waals surface area contributed by atoms with Crippen molar-refractivity contribution in [3.05, 3.63) is 120 Å². The first-order valence-electron chi connectivity index (χ1n) is 14.2. The predicted molar refractivity (Wildman–Crippen MR) is 168 cm³/mol. The van der Waals surface area contributed by atoms with Crippen LogP contribution < -0.4 is 0 Å². The van der Waals surface area contributed by atoms with Gasteiger partial charge in [0.1, 0.15) is 5.58 Å². The van der Waals surface area contributed by atoms with Crippen LogP contribution in [0, 0.1) is 24.5 Å². The van der Waals surface area contributed by atoms with Crippen molar-refractivity contribution in [2.45, 2.75) is 34.1 Å². The molecule has 0 N–H and O–H groups in total. The number of aromatic nitrogens is 2. The van der Waals surface area contributed by atoms with Crippen LogP contribution in [0.15, 0.2) is 101 Å². The number of rotatable bonds is 3. The molecule has 0 aliphatic heterocycles. The predicted octanol–water partition coefficient (Wildman–Crippen LogP) is 10.1. The largest absolute Gasteiger partial charge is 0.499 e. The molecule has 0 unspecified atom stereocenters. The second kappa shape index (κ2) is 12.1. The third-order valence-electron chi connectivity index (χ3n) is 6.45. The van der Waals surface area contributed by atoms with Gasteiger partial charge >= 0.3 is 0 Å². The molecule has 0 atom stereocenters. The minimum absolute atomic E-state index is 0. The molecule has 0 bridgehead atoms. The van der Waals surface area contributed by atoms with Gasteiger partial charge in [0.15, 0.2) is 0 Å². The van der Waals surface area contributed by atoms with E-state index in [0.717, 1.165) is 43.5 Å². The maximum absolute atomic E-state index is 8.61. The zero-order chi connectivity index (χ0) is 29.5. The molecule has 3 nitrogen and oxygen atoms in total. The Morgan fingerprint density at radius 2 is 1.73 bits per heavy atom. The van der Waals surface area contributed by atoms with Crippen LogP contribution in [-0.4, -0.2) is 9.97 Å². The Hall–Kier alpha value is -3.63. The van der Waals surface area contributed by atoms with Crippen molar-refractivity contribution < 1.29 is 27.3 Å². The summed E-state index contributed by atoms with van der Waals surface area (Å²) in [6, 6.07) is 32.1. The molecular weight excluding hydrogens is 701 g/mol. The Labute approximate surface area is 261 Å². The van der Waals surface area contributed by atoms with E-state index in [9.17, 15) is 0 Å². The molecular formula is C36H30IrN2OS-2. The molecule has 0 amide bonds. The van der Waals surface area contributed by atoms with E-state index in [4.69, 9.17) is 7.16 Å². The topological polar surface area (TPSA) is 38.9 Å². The maximum atomic E-state index is 8.61. The molecule has 0 saturated carbocycles. The summed E-state index contributed by atoms with van der Waals surface area (Å²) in [6.07, 6.45) is 2.05. The first-order chi connectivity index (χ1) is 20.1. The van der Waals surface area contributed by atoms with Crippen LogP contribution in [0.1, 0.15) is 34.6 Å². The van der Waals surface area contributed by atoms with Gasteiger partial charge in [0.05, 0.1) is 10.3 Å². The first kappa shape index (κ1) is 26.3. The number of nitrogens with zero attached hydrogens (tertiary/aromatic N) is 2. The Morgan fingerprint density at radius 3 is 2.49 bits per heavy atom. The summed E-state index contributed by atoms with van der Waals surface area (Å²) >= 11 is 1.67. The van der Waals surface area contributed by atoms with Gasteiger partial charge in [-0.05, 0) is 58.6 Å². The summed E-state index contributed by atoms with van der Waals surface area (Å²) in [5, 5.41) is 5.34. The molecule has 0 spiro atoms. The molecule has 1 radical (unpaired) electrons. The number of benzene rings is 3. The van der Waals surface area contributed by atoms with Crippen LogP contribution in [0.25, 0.3) is 54.5 Å². The van der Waals surface area contributed by atoms with E-state index in [0.29, 0.717) is 11.3 Å². The molecule has 0 aliphatic carbocycles. The number of hydrogen-bond donors (Lipinski definition) is 0. The summed E-state index contributed by atoms with van der Waals surface area (Å²) in [5.41, 5.74) is 6.33. The van der Waals surface area contributed by atoms with Crippen molar-refractivity contribution in [2.75, 3.05) is 0 Å². The second-order valence-corrected chi connectivity index (χ2v) is 11.7. The van der Waals surface area contributed by atoms with Gasteiger partial charge in [-0.1, -0.05) is 67.6 Å². The summed E-state index contributed by atoms with van der Waals surface area (Å²) in [5.74, 6) is 0. The van der Waals surface area contributed by atoms with Crippen molar-refractivity contribution in [2.24, 2.45) is 5.41 Å². The first-order valence-corrected chi connectivity index (χ1v) is 14.1. The van der Waals surface area contributed by atoms with Crippen molar-refractivity contribution in [1.29, 1.82) is 0 Å². The Morgan fingerprint density at radius 1 is 0.878 bits per heavy atom. The number of pyridine rings is 2. The molecule has 7 aromatic rings. The maximum Gasteiger partial charge on any atom is 0.138 e. The van der Waals surface area contributed by atoms with Crippen LogP contribution in [0.3, 0.4) is 0 Å². The van der Waals surface area contributed by atoms with Gasteiger partial charge in [0, 0.05) is 40.6 Å². The van der Waals surface area contributed by atoms with Gasteiger partial charge in [0.2, 0.25) is 0 Å². The second-order valence-electron chi connectivity index (χ2n) is 10.8. The van der Waals surface area contributed by atoms with Gasteiger partial charge in [-0.2, -0.15) is 0 Å². The summed E-state index contributed by atoms with van der Waals surface area (Å²) in [6.45, 7) is 7.76. The van der Waals surface area contributed by atoms with E-state index in [1.165, 1.54) is 10.9 Å². The third-order valence-corrected chi connectivity index (χ3v) is 7.38. The minimum Gasteiger partial charge on any atom is -0.499 e. The third kappa shape index (κ3) is 6.33. The van der Waals surface area contributed by atoms with E-state index in [1.807, 2.05) is 82.4 Å². The molecule has 5 heteroatoms. The van der Waals surface area contributed by atoms with Crippen molar-refractivity contribution >= 4 is 43.4 Å². The standard InChI is InChI=1S/C24H20NOS.C12H10N.Ir/c1-24(2,3)14-15-9-11-25-20(13-15)19-6-4-5-17-18-8-7-16-10-12-27-23(16)22(18)26-21(17)19;1-10-7-8-12(13-9-10)11-5-3-2-4-6-11;/h4-5,7-13H,14H2,1-3H3;2-5,7-9H,1H3;/q2*-1;/i14D2;;. The fourth-order valence-electron chi connectivity index (χ4n) is 4.67. The minimum atomic E-state index is -1.49. The fraction of sp³-hybridized carbons (Fsp3) is 0.167. The van der Waals surface area contributed by atoms with Gasteiger partial charge in [0.25, 0.3) is 0 Å². The molecule has 41 heavy (non-hydrogen) atoms. The van der Waals surface area contributed by atoms with Crippen molar-refractivity contribution in [3.8, 4) is 22.5 Å².